The molecule has 29 heavy (non-hydrogen) atoms. The normalized spacial score (nSPS) is 11.5. The van der Waals surface area contributed by atoms with E-state index >= 15 is 0 Å². The summed E-state index contributed by atoms with van der Waals surface area (Å²) in [6.45, 7) is 3.96. The van der Waals surface area contributed by atoms with E-state index in [1.165, 1.54) is 23.2 Å². The Balaban J connectivity index is 1.86. The van der Waals surface area contributed by atoms with Gasteiger partial charge in [0.15, 0.2) is 0 Å². The highest BCUT2D eigenvalue weighted by molar-refractivity contribution is 8.00. The maximum atomic E-state index is 12.8. The second-order valence-electron chi connectivity index (χ2n) is 6.46. The number of rotatable bonds is 5. The molecule has 9 heteroatoms. The Hall–Kier alpha value is -2.81. The Morgan fingerprint density at radius 3 is 2.48 bits per heavy atom. The summed E-state index contributed by atoms with van der Waals surface area (Å²) >= 11 is -0.388. The summed E-state index contributed by atoms with van der Waals surface area (Å²) in [7, 11) is 1.55. The number of carbonyl (C=O) groups is 1. The Morgan fingerprint density at radius 2 is 1.83 bits per heavy atom. The van der Waals surface area contributed by atoms with Crippen molar-refractivity contribution in [1.29, 1.82) is 0 Å². The molecule has 0 atom stereocenters. The lowest BCUT2D eigenvalue weighted by Gasteiger charge is -2.19. The summed E-state index contributed by atoms with van der Waals surface area (Å²) in [6, 6.07) is 12.4. The summed E-state index contributed by atoms with van der Waals surface area (Å²) in [5.74, 6) is -0.531. The molecular weight excluding hydrogens is 401 g/mol. The highest BCUT2D eigenvalue weighted by Crippen LogP contribution is 2.37. The first-order chi connectivity index (χ1) is 13.7. The van der Waals surface area contributed by atoms with E-state index in [4.69, 9.17) is 0 Å². The van der Waals surface area contributed by atoms with E-state index in [1.807, 2.05) is 44.2 Å². The quantitative estimate of drug-likeness (QED) is 0.558. The maximum Gasteiger partial charge on any atom is 0.447 e. The number of amides is 1. The molecule has 0 aliphatic rings. The van der Waals surface area contributed by atoms with Crippen LogP contribution < -0.4 is 0 Å². The molecule has 0 saturated carbocycles. The average molecular weight is 420 g/mol. The fourth-order valence-electron chi connectivity index (χ4n) is 2.98. The van der Waals surface area contributed by atoms with Crippen molar-refractivity contribution in [2.75, 3.05) is 7.05 Å². The lowest BCUT2D eigenvalue weighted by atomic mass is 10.1. The third-order valence-electron chi connectivity index (χ3n) is 4.40. The van der Waals surface area contributed by atoms with Crippen molar-refractivity contribution in [3.8, 4) is 5.69 Å². The molecule has 5 nitrogen and oxygen atoms in total. The lowest BCUT2D eigenvalue weighted by Crippen LogP contribution is -2.27. The zero-order valence-corrected chi connectivity index (χ0v) is 16.9. The summed E-state index contributed by atoms with van der Waals surface area (Å²) < 4.78 is 40.2. The van der Waals surface area contributed by atoms with Crippen molar-refractivity contribution in [2.24, 2.45) is 0 Å². The van der Waals surface area contributed by atoms with Crippen molar-refractivity contribution < 1.29 is 18.0 Å². The first kappa shape index (κ1) is 20.9. The van der Waals surface area contributed by atoms with Gasteiger partial charge >= 0.3 is 5.51 Å². The number of para-hydroxylation sites is 1. The molecule has 2 aromatic heterocycles. The number of alkyl halides is 3. The molecule has 0 saturated heterocycles. The zero-order chi connectivity index (χ0) is 21.2. The first-order valence-electron chi connectivity index (χ1n) is 8.74. The number of hydrogen-bond donors (Lipinski definition) is 0. The summed E-state index contributed by atoms with van der Waals surface area (Å²) in [5, 5.41) is 4.19. The van der Waals surface area contributed by atoms with Crippen LogP contribution in [0.25, 0.3) is 5.69 Å². The molecule has 0 aliphatic heterocycles. The molecule has 0 bridgehead atoms. The van der Waals surface area contributed by atoms with Crippen LogP contribution in [0.15, 0.2) is 53.7 Å². The van der Waals surface area contributed by atoms with Gasteiger partial charge in [-0.2, -0.15) is 18.3 Å². The fraction of sp³-hybridized carbons (Fsp3) is 0.250. The van der Waals surface area contributed by atoms with Gasteiger partial charge in [0, 0.05) is 42.8 Å². The molecule has 0 fully saturated rings. The van der Waals surface area contributed by atoms with E-state index in [9.17, 15) is 18.0 Å². The SMILES string of the molecule is Cc1nn(-c2ccccc2)c(C)c1CN(C)C(=O)c1cccnc1SC(F)(F)F. The fourth-order valence-corrected chi connectivity index (χ4v) is 3.58. The van der Waals surface area contributed by atoms with Gasteiger partial charge in [-0.25, -0.2) is 9.67 Å². The predicted molar refractivity (Wildman–Crippen MR) is 105 cm³/mol. The van der Waals surface area contributed by atoms with Crippen molar-refractivity contribution in [2.45, 2.75) is 30.9 Å². The Kier molecular flexibility index (Phi) is 5.97. The number of aryl methyl sites for hydroxylation is 1. The number of benzene rings is 1. The van der Waals surface area contributed by atoms with Gasteiger partial charge in [-0.3, -0.25) is 4.79 Å². The highest BCUT2D eigenvalue weighted by Gasteiger charge is 2.33. The van der Waals surface area contributed by atoms with Crippen LogP contribution in [0.4, 0.5) is 13.2 Å². The van der Waals surface area contributed by atoms with Crippen LogP contribution in [-0.2, 0) is 6.54 Å². The largest absolute Gasteiger partial charge is 0.447 e. The molecule has 152 valence electrons. The van der Waals surface area contributed by atoms with E-state index in [-0.39, 0.29) is 28.9 Å². The Bertz CT molecular complexity index is 1020. The van der Waals surface area contributed by atoms with Crippen molar-refractivity contribution in [3.63, 3.8) is 0 Å². The van der Waals surface area contributed by atoms with Gasteiger partial charge in [-0.15, -0.1) is 0 Å². The van der Waals surface area contributed by atoms with E-state index in [0.29, 0.717) is 0 Å². The van der Waals surface area contributed by atoms with E-state index < -0.39 is 11.4 Å². The molecule has 3 aromatic rings. The zero-order valence-electron chi connectivity index (χ0n) is 16.1. The average Bonchev–Trinajstić information content (AvgIpc) is 2.95. The third kappa shape index (κ3) is 4.79. The molecular formula is C20H19F3N4OS. The van der Waals surface area contributed by atoms with E-state index in [2.05, 4.69) is 10.1 Å². The molecule has 2 heterocycles. The monoisotopic (exact) mass is 420 g/mol. The van der Waals surface area contributed by atoms with Crippen molar-refractivity contribution in [1.82, 2.24) is 19.7 Å². The second kappa shape index (κ2) is 8.28. The van der Waals surface area contributed by atoms with Gasteiger partial charge in [0.2, 0.25) is 0 Å². The number of aromatic nitrogens is 3. The molecule has 0 aliphatic carbocycles. The molecule has 3 rings (SSSR count). The van der Waals surface area contributed by atoms with E-state index in [1.54, 1.807) is 11.7 Å². The minimum absolute atomic E-state index is 0.0805. The number of pyridine rings is 1. The topological polar surface area (TPSA) is 51.0 Å². The molecule has 0 unspecified atom stereocenters. The van der Waals surface area contributed by atoms with Crippen LogP contribution in [0.3, 0.4) is 0 Å². The van der Waals surface area contributed by atoms with Crippen LogP contribution in [0, 0.1) is 13.8 Å². The van der Waals surface area contributed by atoms with Crippen molar-refractivity contribution >= 4 is 17.7 Å². The van der Waals surface area contributed by atoms with Gasteiger partial charge in [-0.05, 0) is 38.1 Å². The molecule has 1 aromatic carbocycles. The number of halogens is 3. The van der Waals surface area contributed by atoms with E-state index in [0.717, 1.165) is 22.6 Å². The van der Waals surface area contributed by atoms with Crippen LogP contribution in [0.1, 0.15) is 27.3 Å². The van der Waals surface area contributed by atoms with Gasteiger partial charge in [0.1, 0.15) is 5.03 Å². The molecule has 0 radical (unpaired) electrons. The van der Waals surface area contributed by atoms with Crippen LogP contribution in [0.2, 0.25) is 0 Å². The van der Waals surface area contributed by atoms with Gasteiger partial charge in [0.05, 0.1) is 16.9 Å². The molecule has 0 spiro atoms. The number of thioether (sulfide) groups is 1. The standard InChI is InChI=1S/C20H19F3N4OS/c1-13-17(14(2)27(25-13)15-8-5-4-6-9-15)12-26(3)19(28)16-10-7-11-24-18(16)29-20(21,22)23/h4-11H,12H2,1-3H3. The minimum Gasteiger partial charge on any atom is -0.337 e. The number of carbonyl (C=O) groups excluding carboxylic acids is 1. The van der Waals surface area contributed by atoms with Gasteiger partial charge in [0.25, 0.3) is 5.91 Å². The van der Waals surface area contributed by atoms with Gasteiger partial charge < -0.3 is 4.90 Å². The Labute approximate surface area is 170 Å². The second-order valence-corrected chi connectivity index (χ2v) is 7.52. The van der Waals surface area contributed by atoms with Crippen LogP contribution in [0.5, 0.6) is 0 Å². The van der Waals surface area contributed by atoms with Gasteiger partial charge in [-0.1, -0.05) is 18.2 Å². The predicted octanol–water partition coefficient (Wildman–Crippen LogP) is 4.77. The summed E-state index contributed by atoms with van der Waals surface area (Å²) in [5.41, 5.74) is -1.25. The lowest BCUT2D eigenvalue weighted by molar-refractivity contribution is -0.0329. The van der Waals surface area contributed by atoms with Crippen LogP contribution >= 0.6 is 11.8 Å². The maximum absolute atomic E-state index is 12.8. The Morgan fingerprint density at radius 1 is 1.14 bits per heavy atom. The number of hydrogen-bond acceptors (Lipinski definition) is 4. The number of nitrogens with zero attached hydrogens (tertiary/aromatic N) is 4. The summed E-state index contributed by atoms with van der Waals surface area (Å²) in [6.07, 6.45) is 1.24. The van der Waals surface area contributed by atoms with Crippen molar-refractivity contribution in [3.05, 3.63) is 71.2 Å². The smallest absolute Gasteiger partial charge is 0.337 e. The minimum atomic E-state index is -4.52. The van der Waals surface area contributed by atoms with Crippen LogP contribution in [-0.4, -0.2) is 38.1 Å². The molecule has 0 N–H and O–H groups in total. The first-order valence-corrected chi connectivity index (χ1v) is 9.56. The third-order valence-corrected chi connectivity index (χ3v) is 5.15. The highest BCUT2D eigenvalue weighted by atomic mass is 32.2. The summed E-state index contributed by atoms with van der Waals surface area (Å²) in [4.78, 5) is 17.9. The molecule has 1 amide bonds.